The first kappa shape index (κ1) is 20.4. The van der Waals surface area contributed by atoms with Crippen LogP contribution in [-0.4, -0.2) is 22.1 Å². The second-order valence-electron chi connectivity index (χ2n) is 7.35. The minimum absolute atomic E-state index is 0.0503. The average molecular weight is 440 g/mol. The number of para-hydroxylation sites is 1. The number of fused-ring (bicyclic) bond motifs is 2. The van der Waals surface area contributed by atoms with Gasteiger partial charge in [-0.05, 0) is 30.2 Å². The Balaban J connectivity index is 1.72. The molecule has 0 bridgehead atoms. The molecule has 3 aromatic rings. The lowest BCUT2D eigenvalue weighted by atomic mass is 10.1. The fourth-order valence-electron chi connectivity index (χ4n) is 3.46. The van der Waals surface area contributed by atoms with Crippen LogP contribution in [0.15, 0.2) is 57.6 Å². The van der Waals surface area contributed by atoms with Crippen LogP contribution in [0.25, 0.3) is 11.3 Å². The van der Waals surface area contributed by atoms with E-state index in [1.54, 1.807) is 23.6 Å². The molecule has 0 saturated heterocycles. The van der Waals surface area contributed by atoms with E-state index in [-0.39, 0.29) is 17.9 Å². The molecule has 4 rings (SSSR count). The van der Waals surface area contributed by atoms with E-state index in [9.17, 15) is 9.59 Å². The average Bonchev–Trinajstić information content (AvgIpc) is 3.19. The number of thiazole rings is 1. The van der Waals surface area contributed by atoms with Gasteiger partial charge in [0.25, 0.3) is 0 Å². The Morgan fingerprint density at radius 3 is 2.53 bits per heavy atom. The van der Waals surface area contributed by atoms with E-state index in [1.165, 1.54) is 11.3 Å². The molecule has 2 amide bonds. The van der Waals surface area contributed by atoms with E-state index in [2.05, 4.69) is 5.32 Å². The fraction of sp³-hybridized carbons (Fsp3) is 0.227. The zero-order valence-corrected chi connectivity index (χ0v) is 18.4. The normalized spacial score (nSPS) is 13.5. The zero-order chi connectivity index (χ0) is 21.4. The van der Waals surface area contributed by atoms with Crippen LogP contribution in [0, 0.1) is 5.92 Å². The van der Waals surface area contributed by atoms with Gasteiger partial charge in [0.15, 0.2) is 0 Å². The number of amides is 2. The largest absolute Gasteiger partial charge is 0.465 e. The molecule has 0 fully saturated rings. The van der Waals surface area contributed by atoms with Crippen LogP contribution in [0.2, 0.25) is 0 Å². The molecule has 0 aliphatic carbocycles. The van der Waals surface area contributed by atoms with Gasteiger partial charge in [0.05, 0.1) is 23.1 Å². The van der Waals surface area contributed by atoms with Gasteiger partial charge < -0.3 is 10.4 Å². The second-order valence-corrected chi connectivity index (χ2v) is 9.32. The highest BCUT2D eigenvalue weighted by Gasteiger charge is 2.27. The molecular weight excluding hydrogens is 418 g/mol. The van der Waals surface area contributed by atoms with Crippen molar-refractivity contribution in [3.63, 3.8) is 0 Å². The van der Waals surface area contributed by atoms with Crippen LogP contribution in [0.3, 0.4) is 0 Å². The minimum atomic E-state index is -1.06. The van der Waals surface area contributed by atoms with Gasteiger partial charge >= 0.3 is 6.09 Å². The van der Waals surface area contributed by atoms with E-state index in [1.807, 2.05) is 61.7 Å². The SMILES string of the molecule is CC(=O)N1c2ccccc2Sc2ccc(-c3csc([C@H](NC(=O)O)C(C)C)n3)cc21. The third-order valence-corrected chi connectivity index (χ3v) is 6.93. The van der Waals surface area contributed by atoms with Gasteiger partial charge in [-0.15, -0.1) is 11.3 Å². The van der Waals surface area contributed by atoms with Crippen molar-refractivity contribution in [1.82, 2.24) is 10.3 Å². The van der Waals surface area contributed by atoms with Crippen molar-refractivity contribution in [1.29, 1.82) is 0 Å². The summed E-state index contributed by atoms with van der Waals surface area (Å²) < 4.78 is 0. The van der Waals surface area contributed by atoms with Gasteiger partial charge in [0.2, 0.25) is 5.91 Å². The summed E-state index contributed by atoms with van der Waals surface area (Å²) in [4.78, 5) is 32.1. The maximum absolute atomic E-state index is 12.5. The minimum Gasteiger partial charge on any atom is -0.465 e. The lowest BCUT2D eigenvalue weighted by molar-refractivity contribution is -0.115. The van der Waals surface area contributed by atoms with Gasteiger partial charge in [-0.2, -0.15) is 0 Å². The zero-order valence-electron chi connectivity index (χ0n) is 16.7. The Labute approximate surface area is 183 Å². The van der Waals surface area contributed by atoms with E-state index in [0.717, 1.165) is 37.4 Å². The molecule has 8 heteroatoms. The maximum atomic E-state index is 12.5. The van der Waals surface area contributed by atoms with E-state index in [0.29, 0.717) is 0 Å². The Kier molecular flexibility index (Phi) is 5.53. The molecular formula is C22H21N3O3S2. The molecule has 154 valence electrons. The Morgan fingerprint density at radius 2 is 1.83 bits per heavy atom. The van der Waals surface area contributed by atoms with Crippen molar-refractivity contribution in [2.75, 3.05) is 4.90 Å². The third kappa shape index (κ3) is 3.80. The molecule has 1 aromatic heterocycles. The molecule has 30 heavy (non-hydrogen) atoms. The number of anilines is 2. The number of aromatic nitrogens is 1. The van der Waals surface area contributed by atoms with Gasteiger partial charge in [0.1, 0.15) is 5.01 Å². The third-order valence-electron chi connectivity index (χ3n) is 4.87. The number of carboxylic acid groups (broad SMARTS) is 1. The number of rotatable bonds is 4. The summed E-state index contributed by atoms with van der Waals surface area (Å²) in [6.07, 6.45) is -1.06. The van der Waals surface area contributed by atoms with Crippen molar-refractivity contribution < 1.29 is 14.7 Å². The van der Waals surface area contributed by atoms with Crippen LogP contribution in [-0.2, 0) is 4.79 Å². The van der Waals surface area contributed by atoms with Crippen LogP contribution >= 0.6 is 23.1 Å². The lowest BCUT2D eigenvalue weighted by Crippen LogP contribution is -2.30. The van der Waals surface area contributed by atoms with Crippen molar-refractivity contribution in [3.8, 4) is 11.3 Å². The number of benzene rings is 2. The van der Waals surface area contributed by atoms with E-state index >= 15 is 0 Å². The molecule has 2 heterocycles. The van der Waals surface area contributed by atoms with Crippen LogP contribution in [0.5, 0.6) is 0 Å². The number of hydrogen-bond acceptors (Lipinski definition) is 5. The first-order valence-electron chi connectivity index (χ1n) is 9.52. The fourth-order valence-corrected chi connectivity index (χ4v) is 5.55. The van der Waals surface area contributed by atoms with E-state index < -0.39 is 6.09 Å². The first-order chi connectivity index (χ1) is 14.3. The van der Waals surface area contributed by atoms with Crippen molar-refractivity contribution in [3.05, 3.63) is 52.9 Å². The first-order valence-corrected chi connectivity index (χ1v) is 11.2. The smallest absolute Gasteiger partial charge is 0.405 e. The topological polar surface area (TPSA) is 82.5 Å². The second kappa shape index (κ2) is 8.12. The highest BCUT2D eigenvalue weighted by atomic mass is 32.2. The molecule has 0 radical (unpaired) electrons. The molecule has 0 spiro atoms. The molecule has 1 aliphatic heterocycles. The lowest BCUT2D eigenvalue weighted by Gasteiger charge is -2.30. The molecule has 0 saturated carbocycles. The quantitative estimate of drug-likeness (QED) is 0.527. The molecule has 1 atom stereocenters. The molecule has 0 unspecified atom stereocenters. The summed E-state index contributed by atoms with van der Waals surface area (Å²) in [5.74, 6) is 0.0235. The molecule has 6 nitrogen and oxygen atoms in total. The van der Waals surface area contributed by atoms with Crippen molar-refractivity contribution >= 4 is 46.5 Å². The Bertz CT molecular complexity index is 1130. The number of nitrogens with one attached hydrogen (secondary N) is 1. The highest BCUT2D eigenvalue weighted by Crippen LogP contribution is 2.49. The summed E-state index contributed by atoms with van der Waals surface area (Å²) in [6.45, 7) is 5.48. The number of carbonyl (C=O) groups excluding carboxylic acids is 1. The molecule has 2 N–H and O–H groups in total. The van der Waals surface area contributed by atoms with Crippen LogP contribution < -0.4 is 10.2 Å². The number of carbonyl (C=O) groups is 2. The monoisotopic (exact) mass is 439 g/mol. The van der Waals surface area contributed by atoms with Gasteiger partial charge in [-0.1, -0.05) is 43.8 Å². The molecule has 1 aliphatic rings. The summed E-state index contributed by atoms with van der Waals surface area (Å²) in [7, 11) is 0. The van der Waals surface area contributed by atoms with Crippen LogP contribution in [0.1, 0.15) is 31.8 Å². The summed E-state index contributed by atoms with van der Waals surface area (Å²) in [6, 6.07) is 13.5. The standard InChI is InChI=1S/C22H21N3O3S2/c1-12(2)20(24-22(27)28)21-23-15(11-29-21)14-8-9-19-17(10-14)25(13(3)26)16-6-4-5-7-18(16)30-19/h4-12,20,24H,1-3H3,(H,27,28)/t20-/m1/s1. The summed E-state index contributed by atoms with van der Waals surface area (Å²) >= 11 is 3.07. The predicted molar refractivity (Wildman–Crippen MR) is 120 cm³/mol. The summed E-state index contributed by atoms with van der Waals surface area (Å²) in [5, 5.41) is 14.3. The maximum Gasteiger partial charge on any atom is 0.405 e. The van der Waals surface area contributed by atoms with E-state index in [4.69, 9.17) is 10.1 Å². The van der Waals surface area contributed by atoms with Crippen molar-refractivity contribution in [2.24, 2.45) is 5.92 Å². The summed E-state index contributed by atoms with van der Waals surface area (Å²) in [5.41, 5.74) is 3.37. The number of hydrogen-bond donors (Lipinski definition) is 2. The number of nitrogens with zero attached hydrogens (tertiary/aromatic N) is 2. The Hall–Kier alpha value is -2.84. The van der Waals surface area contributed by atoms with Gasteiger partial charge in [-0.25, -0.2) is 9.78 Å². The highest BCUT2D eigenvalue weighted by molar-refractivity contribution is 7.99. The van der Waals surface area contributed by atoms with Crippen molar-refractivity contribution in [2.45, 2.75) is 36.6 Å². The predicted octanol–water partition coefficient (Wildman–Crippen LogP) is 5.92. The van der Waals surface area contributed by atoms with Gasteiger partial charge in [0, 0.05) is 27.7 Å². The molecule has 2 aromatic carbocycles. The van der Waals surface area contributed by atoms with Gasteiger partial charge in [-0.3, -0.25) is 9.69 Å². The van der Waals surface area contributed by atoms with Crippen LogP contribution in [0.4, 0.5) is 16.2 Å². The Morgan fingerprint density at radius 1 is 1.10 bits per heavy atom.